The number of fused-ring (bicyclic) bond motifs is 1. The molecule has 0 spiro atoms. The maximum atomic E-state index is 5.11. The lowest BCUT2D eigenvalue weighted by molar-refractivity contribution is 0.123. The summed E-state index contributed by atoms with van der Waals surface area (Å²) < 4.78 is 6.53. The summed E-state index contributed by atoms with van der Waals surface area (Å²) in [5.74, 6) is 0. The summed E-state index contributed by atoms with van der Waals surface area (Å²) in [5, 5.41) is 7.39. The molecule has 1 aliphatic rings. The fourth-order valence-corrected chi connectivity index (χ4v) is 4.16. The van der Waals surface area contributed by atoms with E-state index in [9.17, 15) is 0 Å². The fourth-order valence-electron chi connectivity index (χ4n) is 3.19. The van der Waals surface area contributed by atoms with Crippen molar-refractivity contribution in [3.05, 3.63) is 35.2 Å². The van der Waals surface area contributed by atoms with Gasteiger partial charge in [0.2, 0.25) is 0 Å². The van der Waals surface area contributed by atoms with Gasteiger partial charge in [0, 0.05) is 24.9 Å². The van der Waals surface area contributed by atoms with Crippen LogP contribution in [0.25, 0.3) is 10.1 Å². The number of benzene rings is 1. The van der Waals surface area contributed by atoms with Crippen LogP contribution in [0.1, 0.15) is 24.8 Å². The van der Waals surface area contributed by atoms with Crippen molar-refractivity contribution < 1.29 is 4.74 Å². The van der Waals surface area contributed by atoms with Crippen molar-refractivity contribution in [2.45, 2.75) is 25.7 Å². The quantitative estimate of drug-likeness (QED) is 0.782. The third kappa shape index (κ3) is 2.90. The number of nitrogens with one attached hydrogen (secondary N) is 1. The Balaban J connectivity index is 1.68. The molecular weight excluding hydrogens is 266 g/mol. The minimum Gasteiger partial charge on any atom is -0.383 e. The fraction of sp³-hybridized carbons (Fsp3) is 0.529. The van der Waals surface area contributed by atoms with Crippen LogP contribution in [0.3, 0.4) is 0 Å². The van der Waals surface area contributed by atoms with E-state index in [1.165, 1.54) is 35.8 Å². The van der Waals surface area contributed by atoms with Crippen molar-refractivity contribution in [3.8, 4) is 0 Å². The Kier molecular flexibility index (Phi) is 4.39. The van der Waals surface area contributed by atoms with Gasteiger partial charge in [-0.1, -0.05) is 24.6 Å². The molecule has 3 heteroatoms. The van der Waals surface area contributed by atoms with Gasteiger partial charge in [-0.25, -0.2) is 0 Å². The van der Waals surface area contributed by atoms with Gasteiger partial charge in [0.25, 0.3) is 0 Å². The lowest BCUT2D eigenvalue weighted by Crippen LogP contribution is -2.42. The standard InChI is InChI=1S/C17H23NOS/c1-19-10-9-18-13-17(7-4-8-17)11-14-12-20-16-6-3-2-5-15(14)16/h2-3,5-6,12,18H,4,7-11,13H2,1H3. The van der Waals surface area contributed by atoms with Crippen LogP contribution in [0, 0.1) is 5.41 Å². The number of hydrogen-bond donors (Lipinski definition) is 1. The van der Waals surface area contributed by atoms with Crippen LogP contribution in [-0.2, 0) is 11.2 Å². The van der Waals surface area contributed by atoms with Crippen LogP contribution in [0.5, 0.6) is 0 Å². The van der Waals surface area contributed by atoms with Crippen LogP contribution in [-0.4, -0.2) is 26.8 Å². The molecule has 20 heavy (non-hydrogen) atoms. The zero-order chi connectivity index (χ0) is 13.8. The number of methoxy groups -OCH3 is 1. The monoisotopic (exact) mass is 289 g/mol. The van der Waals surface area contributed by atoms with Gasteiger partial charge in [0.1, 0.15) is 0 Å². The van der Waals surface area contributed by atoms with Crippen molar-refractivity contribution in [2.24, 2.45) is 5.41 Å². The number of thiophene rings is 1. The summed E-state index contributed by atoms with van der Waals surface area (Å²) in [6.45, 7) is 2.89. The Morgan fingerprint density at radius 3 is 2.90 bits per heavy atom. The molecule has 108 valence electrons. The van der Waals surface area contributed by atoms with E-state index in [4.69, 9.17) is 4.74 Å². The Morgan fingerprint density at radius 1 is 1.30 bits per heavy atom. The van der Waals surface area contributed by atoms with Crippen molar-refractivity contribution in [3.63, 3.8) is 0 Å². The van der Waals surface area contributed by atoms with Crippen LogP contribution in [0.4, 0.5) is 0 Å². The highest BCUT2D eigenvalue weighted by molar-refractivity contribution is 7.17. The summed E-state index contributed by atoms with van der Waals surface area (Å²) in [4.78, 5) is 0. The van der Waals surface area contributed by atoms with E-state index in [1.807, 2.05) is 11.3 Å². The van der Waals surface area contributed by atoms with Crippen molar-refractivity contribution in [1.29, 1.82) is 0 Å². The van der Waals surface area contributed by atoms with Crippen molar-refractivity contribution in [2.75, 3.05) is 26.8 Å². The number of ether oxygens (including phenoxy) is 1. The minimum atomic E-state index is 0.484. The molecule has 0 atom stereocenters. The molecule has 1 aromatic heterocycles. The second-order valence-electron chi connectivity index (χ2n) is 5.96. The molecule has 2 aromatic rings. The highest BCUT2D eigenvalue weighted by atomic mass is 32.1. The van der Waals surface area contributed by atoms with E-state index < -0.39 is 0 Å². The molecular formula is C17H23NOS. The third-order valence-electron chi connectivity index (χ3n) is 4.52. The molecule has 1 N–H and O–H groups in total. The third-order valence-corrected chi connectivity index (χ3v) is 5.54. The SMILES string of the molecule is COCCNCC1(Cc2csc3ccccc23)CCC1. The zero-order valence-corrected chi connectivity index (χ0v) is 13.0. The molecule has 0 radical (unpaired) electrons. The van der Waals surface area contributed by atoms with Gasteiger partial charge < -0.3 is 10.1 Å². The van der Waals surface area contributed by atoms with E-state index in [2.05, 4.69) is 35.0 Å². The van der Waals surface area contributed by atoms with Gasteiger partial charge in [0.05, 0.1) is 6.61 Å². The van der Waals surface area contributed by atoms with Gasteiger partial charge in [-0.15, -0.1) is 11.3 Å². The van der Waals surface area contributed by atoms with E-state index in [0.29, 0.717) is 5.41 Å². The van der Waals surface area contributed by atoms with Crippen molar-refractivity contribution in [1.82, 2.24) is 5.32 Å². The Hall–Kier alpha value is -0.900. The summed E-state index contributed by atoms with van der Waals surface area (Å²) in [7, 11) is 1.76. The predicted molar refractivity (Wildman–Crippen MR) is 86.6 cm³/mol. The largest absolute Gasteiger partial charge is 0.383 e. The topological polar surface area (TPSA) is 21.3 Å². The second-order valence-corrected chi connectivity index (χ2v) is 6.87. The lowest BCUT2D eigenvalue weighted by Gasteiger charge is -2.42. The van der Waals surface area contributed by atoms with Crippen LogP contribution < -0.4 is 5.32 Å². The van der Waals surface area contributed by atoms with E-state index in [1.54, 1.807) is 12.7 Å². The normalized spacial score (nSPS) is 17.2. The highest BCUT2D eigenvalue weighted by Gasteiger charge is 2.36. The van der Waals surface area contributed by atoms with Gasteiger partial charge in [0.15, 0.2) is 0 Å². The maximum absolute atomic E-state index is 5.11. The smallest absolute Gasteiger partial charge is 0.0587 e. The summed E-state index contributed by atoms with van der Waals surface area (Å²) in [6, 6.07) is 8.79. The lowest BCUT2D eigenvalue weighted by atomic mass is 9.65. The summed E-state index contributed by atoms with van der Waals surface area (Å²) in [6.07, 6.45) is 5.32. The van der Waals surface area contributed by atoms with E-state index >= 15 is 0 Å². The Labute approximate surface area is 125 Å². The molecule has 2 nitrogen and oxygen atoms in total. The average Bonchev–Trinajstić information content (AvgIpc) is 2.84. The molecule has 3 rings (SSSR count). The van der Waals surface area contributed by atoms with Gasteiger partial charge >= 0.3 is 0 Å². The van der Waals surface area contributed by atoms with E-state index in [0.717, 1.165) is 19.7 Å². The molecule has 1 aromatic carbocycles. The van der Waals surface area contributed by atoms with Crippen molar-refractivity contribution >= 4 is 21.4 Å². The minimum absolute atomic E-state index is 0.484. The molecule has 1 heterocycles. The van der Waals surface area contributed by atoms with Gasteiger partial charge in [-0.3, -0.25) is 0 Å². The Morgan fingerprint density at radius 2 is 2.15 bits per heavy atom. The van der Waals surface area contributed by atoms with Crippen LogP contribution >= 0.6 is 11.3 Å². The molecule has 0 aliphatic heterocycles. The van der Waals surface area contributed by atoms with Gasteiger partial charge in [-0.05, 0) is 47.1 Å². The zero-order valence-electron chi connectivity index (χ0n) is 12.2. The first kappa shape index (κ1) is 14.1. The predicted octanol–water partition coefficient (Wildman–Crippen LogP) is 3.85. The average molecular weight is 289 g/mol. The van der Waals surface area contributed by atoms with Crippen LogP contribution in [0.2, 0.25) is 0 Å². The first-order chi connectivity index (χ1) is 9.83. The molecule has 1 saturated carbocycles. The molecule has 0 amide bonds. The number of rotatable bonds is 7. The second kappa shape index (κ2) is 6.25. The summed E-state index contributed by atoms with van der Waals surface area (Å²) in [5.41, 5.74) is 2.02. The summed E-state index contributed by atoms with van der Waals surface area (Å²) >= 11 is 1.88. The molecule has 0 bridgehead atoms. The molecule has 0 unspecified atom stereocenters. The molecule has 0 saturated heterocycles. The Bertz CT molecular complexity index is 559. The first-order valence-corrected chi connectivity index (χ1v) is 8.36. The molecule has 1 fully saturated rings. The maximum Gasteiger partial charge on any atom is 0.0587 e. The first-order valence-electron chi connectivity index (χ1n) is 7.48. The highest BCUT2D eigenvalue weighted by Crippen LogP contribution is 2.44. The van der Waals surface area contributed by atoms with Crippen LogP contribution in [0.15, 0.2) is 29.6 Å². The molecule has 1 aliphatic carbocycles. The number of hydrogen-bond acceptors (Lipinski definition) is 3. The van der Waals surface area contributed by atoms with E-state index in [-0.39, 0.29) is 0 Å². The van der Waals surface area contributed by atoms with Gasteiger partial charge in [-0.2, -0.15) is 0 Å².